The SMILES string of the molecule is NS(=O)(=O)NC1(c2ccc(Br)cc2)CC1. The number of hydrogen-bond acceptors (Lipinski definition) is 2. The van der Waals surface area contributed by atoms with Crippen LogP contribution in [0.2, 0.25) is 0 Å². The molecule has 1 saturated carbocycles. The van der Waals surface area contributed by atoms with Gasteiger partial charge in [0.15, 0.2) is 0 Å². The third kappa shape index (κ3) is 2.57. The molecule has 1 fully saturated rings. The van der Waals surface area contributed by atoms with Crippen LogP contribution in [-0.2, 0) is 15.7 Å². The third-order valence-electron chi connectivity index (χ3n) is 2.48. The fraction of sp³-hybridized carbons (Fsp3) is 0.333. The van der Waals surface area contributed by atoms with Crippen molar-refractivity contribution in [2.75, 3.05) is 0 Å². The van der Waals surface area contributed by atoms with Gasteiger partial charge in [0.05, 0.1) is 5.54 Å². The molecule has 0 saturated heterocycles. The third-order valence-corrected chi connectivity index (χ3v) is 3.69. The van der Waals surface area contributed by atoms with E-state index in [1.807, 2.05) is 24.3 Å². The van der Waals surface area contributed by atoms with Crippen molar-refractivity contribution in [1.82, 2.24) is 4.72 Å². The maximum absolute atomic E-state index is 11.0. The molecule has 0 aromatic heterocycles. The molecular weight excluding hydrogens is 280 g/mol. The van der Waals surface area contributed by atoms with E-state index in [1.54, 1.807) is 0 Å². The molecule has 0 radical (unpaired) electrons. The van der Waals surface area contributed by atoms with Crippen LogP contribution in [0.25, 0.3) is 0 Å². The molecule has 2 rings (SSSR count). The molecule has 1 aromatic carbocycles. The van der Waals surface area contributed by atoms with Crippen LogP contribution in [0.15, 0.2) is 28.7 Å². The van der Waals surface area contributed by atoms with Gasteiger partial charge in [-0.15, -0.1) is 0 Å². The second-order valence-corrected chi connectivity index (χ2v) is 5.95. The molecule has 4 nitrogen and oxygen atoms in total. The van der Waals surface area contributed by atoms with Crippen LogP contribution in [0.4, 0.5) is 0 Å². The number of benzene rings is 1. The summed E-state index contributed by atoms with van der Waals surface area (Å²) in [4.78, 5) is 0. The van der Waals surface area contributed by atoms with Gasteiger partial charge in [0.1, 0.15) is 0 Å². The number of halogens is 1. The standard InChI is InChI=1S/C9H11BrN2O2S/c10-8-3-1-7(2-4-8)9(5-6-9)12-15(11,13)14/h1-4,12H,5-6H2,(H2,11,13,14). The zero-order valence-electron chi connectivity index (χ0n) is 7.90. The maximum Gasteiger partial charge on any atom is 0.275 e. The highest BCUT2D eigenvalue weighted by atomic mass is 79.9. The number of nitrogens with one attached hydrogen (secondary N) is 1. The average Bonchev–Trinajstić information content (AvgIpc) is 2.83. The van der Waals surface area contributed by atoms with E-state index in [4.69, 9.17) is 5.14 Å². The zero-order chi connectivity index (χ0) is 11.1. The van der Waals surface area contributed by atoms with E-state index in [2.05, 4.69) is 20.7 Å². The van der Waals surface area contributed by atoms with E-state index in [9.17, 15) is 8.42 Å². The van der Waals surface area contributed by atoms with E-state index in [0.717, 1.165) is 22.9 Å². The highest BCUT2D eigenvalue weighted by molar-refractivity contribution is 9.10. The number of nitrogens with two attached hydrogens (primary N) is 1. The summed E-state index contributed by atoms with van der Waals surface area (Å²) in [5.41, 5.74) is 0.494. The molecule has 15 heavy (non-hydrogen) atoms. The van der Waals surface area contributed by atoms with Gasteiger partial charge in [-0.2, -0.15) is 13.1 Å². The first-order chi connectivity index (χ1) is 6.91. The first kappa shape index (κ1) is 11.1. The second-order valence-electron chi connectivity index (χ2n) is 3.74. The minimum Gasteiger partial charge on any atom is -0.216 e. The molecule has 0 atom stereocenters. The van der Waals surface area contributed by atoms with Crippen molar-refractivity contribution in [3.8, 4) is 0 Å². The molecule has 0 aliphatic heterocycles. The predicted octanol–water partition coefficient (Wildman–Crippen LogP) is 1.23. The van der Waals surface area contributed by atoms with Gasteiger partial charge in [-0.25, -0.2) is 5.14 Å². The van der Waals surface area contributed by atoms with Gasteiger partial charge in [0.25, 0.3) is 10.2 Å². The first-order valence-electron chi connectivity index (χ1n) is 4.49. The summed E-state index contributed by atoms with van der Waals surface area (Å²) in [5.74, 6) is 0. The van der Waals surface area contributed by atoms with Gasteiger partial charge < -0.3 is 0 Å². The zero-order valence-corrected chi connectivity index (χ0v) is 10.3. The lowest BCUT2D eigenvalue weighted by atomic mass is 10.1. The number of hydrogen-bond donors (Lipinski definition) is 2. The Bertz CT molecular complexity index is 465. The molecule has 0 unspecified atom stereocenters. The summed E-state index contributed by atoms with van der Waals surface area (Å²) in [6, 6.07) is 7.57. The molecular formula is C9H11BrN2O2S. The molecule has 1 aliphatic rings. The lowest BCUT2D eigenvalue weighted by Gasteiger charge is -2.15. The summed E-state index contributed by atoms with van der Waals surface area (Å²) < 4.78 is 25.4. The Labute approximate surface area is 97.2 Å². The Morgan fingerprint density at radius 2 is 1.80 bits per heavy atom. The highest BCUT2D eigenvalue weighted by Gasteiger charge is 2.46. The molecule has 1 aliphatic carbocycles. The van der Waals surface area contributed by atoms with Gasteiger partial charge in [-0.3, -0.25) is 0 Å². The van der Waals surface area contributed by atoms with Crippen LogP contribution in [0, 0.1) is 0 Å². The molecule has 0 amide bonds. The monoisotopic (exact) mass is 290 g/mol. The van der Waals surface area contributed by atoms with Crippen molar-refractivity contribution < 1.29 is 8.42 Å². The van der Waals surface area contributed by atoms with Gasteiger partial charge in [-0.05, 0) is 30.5 Å². The molecule has 0 bridgehead atoms. The summed E-state index contributed by atoms with van der Waals surface area (Å²) >= 11 is 3.33. The Balaban J connectivity index is 2.27. The van der Waals surface area contributed by atoms with Gasteiger partial charge in [0, 0.05) is 4.47 Å². The smallest absolute Gasteiger partial charge is 0.216 e. The Morgan fingerprint density at radius 3 is 2.20 bits per heavy atom. The summed E-state index contributed by atoms with van der Waals surface area (Å²) in [7, 11) is -3.64. The van der Waals surface area contributed by atoms with Crippen LogP contribution < -0.4 is 9.86 Å². The number of rotatable bonds is 3. The van der Waals surface area contributed by atoms with E-state index in [0.29, 0.717) is 0 Å². The molecule has 0 spiro atoms. The summed E-state index contributed by atoms with van der Waals surface area (Å²) in [6.45, 7) is 0. The first-order valence-corrected chi connectivity index (χ1v) is 6.83. The molecule has 3 N–H and O–H groups in total. The Morgan fingerprint density at radius 1 is 1.27 bits per heavy atom. The minimum atomic E-state index is -3.64. The quantitative estimate of drug-likeness (QED) is 0.879. The minimum absolute atomic E-state index is 0.464. The largest absolute Gasteiger partial charge is 0.275 e. The van der Waals surface area contributed by atoms with Crippen LogP contribution in [0.3, 0.4) is 0 Å². The van der Waals surface area contributed by atoms with Gasteiger partial charge in [-0.1, -0.05) is 28.1 Å². The molecule has 82 valence electrons. The van der Waals surface area contributed by atoms with Crippen molar-refractivity contribution >= 4 is 26.1 Å². The van der Waals surface area contributed by atoms with Crippen molar-refractivity contribution in [2.45, 2.75) is 18.4 Å². The van der Waals surface area contributed by atoms with Crippen LogP contribution in [0.5, 0.6) is 0 Å². The highest BCUT2D eigenvalue weighted by Crippen LogP contribution is 2.45. The lowest BCUT2D eigenvalue weighted by Crippen LogP contribution is -2.39. The van der Waals surface area contributed by atoms with Crippen molar-refractivity contribution in [3.05, 3.63) is 34.3 Å². The molecule has 1 aromatic rings. The van der Waals surface area contributed by atoms with Gasteiger partial charge >= 0.3 is 0 Å². The van der Waals surface area contributed by atoms with E-state index in [1.165, 1.54) is 0 Å². The van der Waals surface area contributed by atoms with Crippen LogP contribution >= 0.6 is 15.9 Å². The summed E-state index contributed by atoms with van der Waals surface area (Å²) in [6.07, 6.45) is 1.59. The molecule has 6 heteroatoms. The lowest BCUT2D eigenvalue weighted by molar-refractivity contribution is 0.553. The van der Waals surface area contributed by atoms with Crippen molar-refractivity contribution in [1.29, 1.82) is 0 Å². The van der Waals surface area contributed by atoms with Gasteiger partial charge in [0.2, 0.25) is 0 Å². The topological polar surface area (TPSA) is 72.2 Å². The van der Waals surface area contributed by atoms with E-state index in [-0.39, 0.29) is 0 Å². The second kappa shape index (κ2) is 3.55. The van der Waals surface area contributed by atoms with E-state index >= 15 is 0 Å². The van der Waals surface area contributed by atoms with Crippen LogP contribution in [0.1, 0.15) is 18.4 Å². The fourth-order valence-corrected chi connectivity index (χ4v) is 2.75. The average molecular weight is 291 g/mol. The maximum atomic E-state index is 11.0. The van der Waals surface area contributed by atoms with Crippen molar-refractivity contribution in [2.24, 2.45) is 5.14 Å². The normalized spacial score (nSPS) is 18.8. The predicted molar refractivity (Wildman–Crippen MR) is 61.3 cm³/mol. The van der Waals surface area contributed by atoms with Crippen LogP contribution in [-0.4, -0.2) is 8.42 Å². The van der Waals surface area contributed by atoms with Crippen molar-refractivity contribution in [3.63, 3.8) is 0 Å². The van der Waals surface area contributed by atoms with E-state index < -0.39 is 15.7 Å². The Hall–Kier alpha value is -0.430. The fourth-order valence-electron chi connectivity index (χ4n) is 1.62. The Kier molecular flexibility index (Phi) is 2.62. The molecule has 0 heterocycles. The summed E-state index contributed by atoms with van der Waals surface area (Å²) in [5, 5.41) is 4.98.